The molecule has 1 aliphatic heterocycles. The average molecular weight is 282 g/mol. The summed E-state index contributed by atoms with van der Waals surface area (Å²) in [7, 11) is 0. The van der Waals surface area contributed by atoms with Crippen molar-refractivity contribution in [1.82, 2.24) is 10.2 Å². The van der Waals surface area contributed by atoms with E-state index in [9.17, 15) is 18.4 Å². The van der Waals surface area contributed by atoms with E-state index in [2.05, 4.69) is 5.32 Å². The predicted molar refractivity (Wildman–Crippen MR) is 68.6 cm³/mol. The first-order valence-electron chi connectivity index (χ1n) is 6.48. The lowest BCUT2D eigenvalue weighted by Crippen LogP contribution is -2.61. The van der Waals surface area contributed by atoms with E-state index in [0.717, 1.165) is 6.07 Å². The Kier molecular flexibility index (Phi) is 4.01. The van der Waals surface area contributed by atoms with Crippen molar-refractivity contribution in [3.8, 4) is 0 Å². The predicted octanol–water partition coefficient (Wildman–Crippen LogP) is 1.59. The Morgan fingerprint density at radius 1 is 1.20 bits per heavy atom. The van der Waals surface area contributed by atoms with Crippen LogP contribution in [0.15, 0.2) is 18.2 Å². The summed E-state index contributed by atoms with van der Waals surface area (Å²) in [5.41, 5.74) is 0.330. The van der Waals surface area contributed by atoms with Crippen molar-refractivity contribution in [3.05, 3.63) is 35.4 Å². The number of amides is 2. The van der Waals surface area contributed by atoms with E-state index < -0.39 is 23.7 Å². The molecule has 1 fully saturated rings. The smallest absolute Gasteiger partial charge is 0.245 e. The van der Waals surface area contributed by atoms with Gasteiger partial charge in [0.15, 0.2) is 0 Å². The summed E-state index contributed by atoms with van der Waals surface area (Å²) in [6.45, 7) is 3.39. The minimum Gasteiger partial charge on any atom is -0.343 e. The second-order valence-corrected chi connectivity index (χ2v) is 4.90. The van der Waals surface area contributed by atoms with Crippen LogP contribution in [-0.2, 0) is 16.1 Å². The van der Waals surface area contributed by atoms with Gasteiger partial charge in [0.25, 0.3) is 0 Å². The van der Waals surface area contributed by atoms with Crippen LogP contribution in [0.2, 0.25) is 0 Å². The third kappa shape index (κ3) is 2.79. The highest BCUT2D eigenvalue weighted by Crippen LogP contribution is 2.18. The molecule has 2 amide bonds. The van der Waals surface area contributed by atoms with Crippen molar-refractivity contribution >= 4 is 11.8 Å². The molecule has 6 heteroatoms. The molecule has 1 aromatic carbocycles. The minimum absolute atomic E-state index is 0.0176. The van der Waals surface area contributed by atoms with Gasteiger partial charge in [-0.05, 0) is 31.0 Å². The van der Waals surface area contributed by atoms with Crippen molar-refractivity contribution < 1.29 is 18.4 Å². The van der Waals surface area contributed by atoms with Gasteiger partial charge < -0.3 is 10.2 Å². The zero-order valence-electron chi connectivity index (χ0n) is 11.3. The van der Waals surface area contributed by atoms with E-state index >= 15 is 0 Å². The summed E-state index contributed by atoms with van der Waals surface area (Å²) in [5, 5.41) is 2.59. The fourth-order valence-electron chi connectivity index (χ4n) is 2.41. The monoisotopic (exact) mass is 282 g/mol. The van der Waals surface area contributed by atoms with Crippen LogP contribution >= 0.6 is 0 Å². The number of piperazine rings is 1. The van der Waals surface area contributed by atoms with Gasteiger partial charge in [0.05, 0.1) is 0 Å². The lowest BCUT2D eigenvalue weighted by molar-refractivity contribution is -0.149. The molecule has 1 aromatic rings. The summed E-state index contributed by atoms with van der Waals surface area (Å²) < 4.78 is 26.4. The van der Waals surface area contributed by atoms with Crippen LogP contribution in [0, 0.1) is 11.6 Å². The van der Waals surface area contributed by atoms with Gasteiger partial charge in [0.2, 0.25) is 11.8 Å². The van der Waals surface area contributed by atoms with Crippen molar-refractivity contribution in [3.63, 3.8) is 0 Å². The molecule has 20 heavy (non-hydrogen) atoms. The van der Waals surface area contributed by atoms with Crippen LogP contribution in [0.4, 0.5) is 8.78 Å². The van der Waals surface area contributed by atoms with Gasteiger partial charge in [-0.2, -0.15) is 0 Å². The molecule has 0 aliphatic carbocycles. The van der Waals surface area contributed by atoms with Gasteiger partial charge in [-0.25, -0.2) is 8.78 Å². The van der Waals surface area contributed by atoms with E-state index in [1.54, 1.807) is 13.8 Å². The Morgan fingerprint density at radius 3 is 2.35 bits per heavy atom. The molecular formula is C14H16F2N2O2. The number of hydrogen-bond acceptors (Lipinski definition) is 2. The number of hydrogen-bond donors (Lipinski definition) is 1. The maximum Gasteiger partial charge on any atom is 0.245 e. The summed E-state index contributed by atoms with van der Waals surface area (Å²) in [6.07, 6.45) is 0.447. The van der Waals surface area contributed by atoms with Crippen LogP contribution in [0.3, 0.4) is 0 Å². The number of halogens is 2. The molecule has 1 N–H and O–H groups in total. The maximum absolute atomic E-state index is 13.2. The average Bonchev–Trinajstić information content (AvgIpc) is 2.34. The Morgan fingerprint density at radius 2 is 1.80 bits per heavy atom. The Bertz CT molecular complexity index is 528. The van der Waals surface area contributed by atoms with Crippen molar-refractivity contribution in [2.75, 3.05) is 0 Å². The van der Waals surface area contributed by atoms with E-state index in [1.165, 1.54) is 17.0 Å². The van der Waals surface area contributed by atoms with Crippen molar-refractivity contribution in [2.24, 2.45) is 0 Å². The number of carbonyl (C=O) groups excluding carboxylic acids is 2. The second kappa shape index (κ2) is 5.56. The SMILES string of the molecule is CCC1C(=O)NC(C)C(=O)N1Cc1cc(F)cc(F)c1. The van der Waals surface area contributed by atoms with Crippen LogP contribution in [0.25, 0.3) is 0 Å². The molecule has 0 saturated carbocycles. The number of nitrogens with zero attached hydrogens (tertiary/aromatic N) is 1. The largest absolute Gasteiger partial charge is 0.343 e. The van der Waals surface area contributed by atoms with Crippen LogP contribution in [0.5, 0.6) is 0 Å². The molecule has 2 rings (SSSR count). The summed E-state index contributed by atoms with van der Waals surface area (Å²) in [4.78, 5) is 25.4. The van der Waals surface area contributed by atoms with E-state index in [-0.39, 0.29) is 18.4 Å². The molecule has 0 radical (unpaired) electrons. The van der Waals surface area contributed by atoms with Gasteiger partial charge >= 0.3 is 0 Å². The molecule has 108 valence electrons. The first-order valence-corrected chi connectivity index (χ1v) is 6.48. The van der Waals surface area contributed by atoms with Gasteiger partial charge in [-0.1, -0.05) is 6.92 Å². The van der Waals surface area contributed by atoms with Crippen molar-refractivity contribution in [2.45, 2.75) is 38.9 Å². The molecule has 1 aliphatic rings. The summed E-state index contributed by atoms with van der Waals surface area (Å²) >= 11 is 0. The molecular weight excluding hydrogens is 266 g/mol. The van der Waals surface area contributed by atoms with Crippen LogP contribution in [0.1, 0.15) is 25.8 Å². The van der Waals surface area contributed by atoms with Crippen molar-refractivity contribution in [1.29, 1.82) is 0 Å². The second-order valence-electron chi connectivity index (χ2n) is 4.90. The highest BCUT2D eigenvalue weighted by molar-refractivity contribution is 5.96. The molecule has 2 atom stereocenters. The zero-order valence-corrected chi connectivity index (χ0v) is 11.3. The highest BCUT2D eigenvalue weighted by Gasteiger charge is 2.37. The highest BCUT2D eigenvalue weighted by atomic mass is 19.1. The van der Waals surface area contributed by atoms with Gasteiger partial charge in [0, 0.05) is 12.6 Å². The van der Waals surface area contributed by atoms with E-state index in [4.69, 9.17) is 0 Å². The number of nitrogens with one attached hydrogen (secondary N) is 1. The number of rotatable bonds is 3. The number of benzene rings is 1. The van der Waals surface area contributed by atoms with Gasteiger partial charge in [-0.15, -0.1) is 0 Å². The van der Waals surface area contributed by atoms with Gasteiger partial charge in [-0.3, -0.25) is 9.59 Å². The standard InChI is InChI=1S/C14H16F2N2O2/c1-3-12-13(19)17-8(2)14(20)18(12)7-9-4-10(15)6-11(16)5-9/h4-6,8,12H,3,7H2,1-2H3,(H,17,19). The topological polar surface area (TPSA) is 49.4 Å². The third-order valence-electron chi connectivity index (χ3n) is 3.35. The molecule has 2 unspecified atom stereocenters. The van der Waals surface area contributed by atoms with E-state index in [1.807, 2.05) is 0 Å². The van der Waals surface area contributed by atoms with Gasteiger partial charge in [0.1, 0.15) is 23.7 Å². The summed E-state index contributed by atoms with van der Waals surface area (Å²) in [6, 6.07) is 1.88. The van der Waals surface area contributed by atoms with E-state index in [0.29, 0.717) is 12.0 Å². The Hall–Kier alpha value is -1.98. The molecule has 1 heterocycles. The molecule has 0 bridgehead atoms. The molecule has 0 aromatic heterocycles. The van der Waals surface area contributed by atoms with Crippen LogP contribution in [-0.4, -0.2) is 28.8 Å². The lowest BCUT2D eigenvalue weighted by Gasteiger charge is -2.37. The Balaban J connectivity index is 2.28. The first kappa shape index (κ1) is 14.4. The minimum atomic E-state index is -0.699. The van der Waals surface area contributed by atoms with Crippen LogP contribution < -0.4 is 5.32 Å². The quantitative estimate of drug-likeness (QED) is 0.915. The fraction of sp³-hybridized carbons (Fsp3) is 0.429. The fourth-order valence-corrected chi connectivity index (χ4v) is 2.41. The molecule has 0 spiro atoms. The molecule has 4 nitrogen and oxygen atoms in total. The normalized spacial score (nSPS) is 22.9. The Labute approximate surface area is 115 Å². The third-order valence-corrected chi connectivity index (χ3v) is 3.35. The summed E-state index contributed by atoms with van der Waals surface area (Å²) in [5.74, 6) is -1.89. The number of carbonyl (C=O) groups is 2. The lowest BCUT2D eigenvalue weighted by atomic mass is 10.0. The molecule has 1 saturated heterocycles. The maximum atomic E-state index is 13.2. The first-order chi connectivity index (χ1) is 9.42. The zero-order chi connectivity index (χ0) is 14.9.